The Hall–Kier alpha value is -12.3. The molecule has 101 heavy (non-hydrogen) atoms. The molecule has 0 spiro atoms. The number of nitrogens with one attached hydrogen (secondary N) is 3. The van der Waals surface area contributed by atoms with Crippen LogP contribution >= 0.6 is 46.4 Å². The molecule has 0 saturated carbocycles. The van der Waals surface area contributed by atoms with Crippen molar-refractivity contribution in [3.63, 3.8) is 0 Å². The van der Waals surface area contributed by atoms with E-state index in [0.29, 0.717) is 102 Å². The van der Waals surface area contributed by atoms with Crippen molar-refractivity contribution in [2.45, 2.75) is 19.5 Å². The minimum absolute atomic E-state index is 0.111. The molecule has 0 bridgehead atoms. The van der Waals surface area contributed by atoms with Crippen molar-refractivity contribution >= 4 is 104 Å². The number of aryl methyl sites for hydroxylation is 2. The van der Waals surface area contributed by atoms with Crippen LogP contribution in [0, 0.1) is 6.92 Å². The van der Waals surface area contributed by atoms with E-state index in [2.05, 4.69) is 71.6 Å². The number of carbonyl (C=O) groups excluding carboxylic acids is 4. The highest BCUT2D eigenvalue weighted by atomic mass is 35.5. The third kappa shape index (κ3) is 15.1. The van der Waals surface area contributed by atoms with E-state index in [1.54, 1.807) is 172 Å². The van der Waals surface area contributed by atoms with E-state index in [-0.39, 0.29) is 47.7 Å². The fourth-order valence-electron chi connectivity index (χ4n) is 10.7. The summed E-state index contributed by atoms with van der Waals surface area (Å²) in [5, 5.41) is 49.5. The van der Waals surface area contributed by atoms with Crippen LogP contribution < -0.4 is 16.0 Å². The molecule has 26 nitrogen and oxygen atoms in total. The number of likely N-dealkylation sites (tertiary alicyclic amines) is 1. The summed E-state index contributed by atoms with van der Waals surface area (Å²) in [4.78, 5) is 71.4. The van der Waals surface area contributed by atoms with Gasteiger partial charge >= 0.3 is 0 Å². The van der Waals surface area contributed by atoms with Crippen molar-refractivity contribution in [3.05, 3.63) is 261 Å². The average molecular weight is 1430 g/mol. The Morgan fingerprint density at radius 3 is 1.27 bits per heavy atom. The van der Waals surface area contributed by atoms with Crippen molar-refractivity contribution in [2.24, 2.45) is 7.05 Å². The van der Waals surface area contributed by atoms with Crippen molar-refractivity contribution in [1.29, 1.82) is 0 Å². The Balaban J connectivity index is 0.000000121. The van der Waals surface area contributed by atoms with Gasteiger partial charge in [-0.25, -0.2) is 42.4 Å². The second-order valence-electron chi connectivity index (χ2n) is 22.3. The Kier molecular flexibility index (Phi) is 19.9. The SMILES string of the molecule is Cc1cc(NC(=O)c2nc3cccnn3c2-c2ccc(Cl)cc2)no1.Cn1ncc(NC(=O)c2nc3cccnn3c2-c2ccc(Cl)cc2)n1.O=C(NCCc1ccccc1O)c1nc2cccnn2c1-c1ccc(Cl)cc1.O=C(c1nc2cccnn2c1-c1ccc(Cl)cc1)N1CC(F)C1. The number of carbonyl (C=O) groups is 4. The fraction of sp³-hybridized carbons (Fsp3) is 0.100. The zero-order chi connectivity index (χ0) is 70.3. The first-order valence-corrected chi connectivity index (χ1v) is 32.3. The number of alkyl halides is 1. The number of halogens is 5. The minimum atomic E-state index is -0.951. The van der Waals surface area contributed by atoms with Gasteiger partial charge in [-0.15, -0.1) is 5.10 Å². The van der Waals surface area contributed by atoms with Gasteiger partial charge in [0.05, 0.1) is 19.3 Å². The van der Waals surface area contributed by atoms with Gasteiger partial charge in [0.15, 0.2) is 57.0 Å². The molecule has 0 unspecified atom stereocenters. The molecular formula is C70H53Cl4FN20O6. The van der Waals surface area contributed by atoms with Crippen LogP contribution in [-0.2, 0) is 13.5 Å². The highest BCUT2D eigenvalue weighted by Crippen LogP contribution is 2.32. The zero-order valence-electron chi connectivity index (χ0n) is 53.0. The maximum Gasteiger partial charge on any atom is 0.277 e. The molecule has 1 aliphatic heterocycles. The van der Waals surface area contributed by atoms with E-state index >= 15 is 0 Å². The smallest absolute Gasteiger partial charge is 0.277 e. The number of amides is 4. The molecule has 1 saturated heterocycles. The molecule has 15 aromatic rings. The van der Waals surface area contributed by atoms with Crippen LogP contribution in [0.25, 0.3) is 67.6 Å². The number of imidazole rings is 4. The predicted molar refractivity (Wildman–Crippen MR) is 377 cm³/mol. The second kappa shape index (κ2) is 29.8. The lowest BCUT2D eigenvalue weighted by Gasteiger charge is -2.33. The van der Waals surface area contributed by atoms with Crippen molar-refractivity contribution in [3.8, 4) is 50.8 Å². The summed E-state index contributed by atoms with van der Waals surface area (Å²) in [5.74, 6) is 0.120. The lowest BCUT2D eigenvalue weighted by molar-refractivity contribution is 0.0396. The number of nitrogens with zero attached hydrogens (tertiary/aromatic N) is 17. The summed E-state index contributed by atoms with van der Waals surface area (Å²) in [5.41, 5.74) is 9.57. The van der Waals surface area contributed by atoms with Gasteiger partial charge in [0.2, 0.25) is 0 Å². The molecule has 1 aliphatic rings. The fourth-order valence-corrected chi connectivity index (χ4v) is 11.2. The first-order chi connectivity index (χ1) is 49.0. The number of hydrogen-bond acceptors (Lipinski definition) is 17. The van der Waals surface area contributed by atoms with Gasteiger partial charge in [-0.05, 0) is 122 Å². The zero-order valence-corrected chi connectivity index (χ0v) is 56.0. The number of fused-ring (bicyclic) bond motifs is 4. The summed E-state index contributed by atoms with van der Waals surface area (Å²) < 4.78 is 24.5. The quantitative estimate of drug-likeness (QED) is 0.0833. The van der Waals surface area contributed by atoms with E-state index in [0.717, 1.165) is 27.8 Å². The van der Waals surface area contributed by atoms with Crippen LogP contribution in [0.15, 0.2) is 211 Å². The number of aromatic nitrogens is 16. The minimum Gasteiger partial charge on any atom is -0.508 e. The summed E-state index contributed by atoms with van der Waals surface area (Å²) in [6, 6.07) is 51.5. The summed E-state index contributed by atoms with van der Waals surface area (Å²) >= 11 is 23.9. The topological polar surface area (TPSA) is 305 Å². The lowest BCUT2D eigenvalue weighted by Crippen LogP contribution is -2.51. The first-order valence-electron chi connectivity index (χ1n) is 30.8. The molecule has 4 amide bonds. The van der Waals surface area contributed by atoms with Gasteiger partial charge in [0.1, 0.15) is 40.5 Å². The lowest BCUT2D eigenvalue weighted by atomic mass is 10.1. The largest absolute Gasteiger partial charge is 0.508 e. The molecule has 1 fully saturated rings. The molecule has 31 heteroatoms. The predicted octanol–water partition coefficient (Wildman–Crippen LogP) is 12.6. The van der Waals surface area contributed by atoms with Gasteiger partial charge in [-0.3, -0.25) is 19.2 Å². The summed E-state index contributed by atoms with van der Waals surface area (Å²) in [6.07, 6.45) is 7.58. The van der Waals surface area contributed by atoms with E-state index in [1.165, 1.54) is 15.9 Å². The number of para-hydroxylation sites is 1. The number of benzene rings is 5. The van der Waals surface area contributed by atoms with Crippen LogP contribution in [-0.4, -0.2) is 138 Å². The van der Waals surface area contributed by atoms with Gasteiger partial charge in [-0.1, -0.05) is 118 Å². The van der Waals surface area contributed by atoms with Crippen molar-refractivity contribution in [1.82, 2.24) is 88.8 Å². The molecule has 504 valence electrons. The molecule has 10 aromatic heterocycles. The van der Waals surface area contributed by atoms with Crippen LogP contribution in [0.1, 0.15) is 53.3 Å². The van der Waals surface area contributed by atoms with Crippen LogP contribution in [0.2, 0.25) is 20.1 Å². The Bertz CT molecular complexity index is 5350. The maximum absolute atomic E-state index is 13.1. The van der Waals surface area contributed by atoms with E-state index in [4.69, 9.17) is 50.9 Å². The number of anilines is 2. The molecular weight excluding hydrogens is 1380 g/mol. The Labute approximate surface area is 591 Å². The number of hydrogen-bond donors (Lipinski definition) is 4. The third-order valence-electron chi connectivity index (χ3n) is 15.4. The molecule has 0 atom stereocenters. The van der Waals surface area contributed by atoms with Crippen LogP contribution in [0.3, 0.4) is 0 Å². The third-order valence-corrected chi connectivity index (χ3v) is 16.4. The standard InChI is InChI=1S/C21H17ClN4O2.C17H12ClN5O2.C16H12ClFN4O.C16H12ClN7O/c22-16-9-7-15(8-10-16)20-19(25-18-6-3-12-24-26(18)20)21(28)23-13-11-14-4-1-2-5-17(14)27;1-10-9-13(22-25-10)20-17(24)15-16(11-4-6-12(18)7-5-11)23-14(21-15)3-2-8-19-23;17-11-5-3-10(4-6-11)15-14(16(23)21-8-12(18)9-21)20-13-2-1-7-19-22(13)15;1-23-19-9-12(22-23)20-16(25)14-15(10-4-6-11(17)7-5-10)24-13(21-14)3-2-8-18-24/h1-10,12,27H,11,13H2,(H,23,28);2-9H,1H3,(H,20,22,24);1-7,12H,8-9H2;2-9H,1H3,(H,20,22,25). The maximum atomic E-state index is 13.1. The highest BCUT2D eigenvalue weighted by molar-refractivity contribution is 6.31. The second-order valence-corrected chi connectivity index (χ2v) is 24.1. The summed E-state index contributed by atoms with van der Waals surface area (Å²) in [7, 11) is 1.67. The first kappa shape index (κ1) is 67.3. The molecule has 5 aromatic carbocycles. The number of aromatic hydroxyl groups is 1. The Morgan fingerprint density at radius 2 is 0.891 bits per heavy atom. The van der Waals surface area contributed by atoms with E-state index in [9.17, 15) is 28.7 Å². The van der Waals surface area contributed by atoms with Crippen LogP contribution in [0.4, 0.5) is 16.0 Å². The van der Waals surface area contributed by atoms with Crippen molar-refractivity contribution in [2.75, 3.05) is 30.3 Å². The number of phenols is 1. The number of phenolic OH excluding ortho intramolecular Hbond substituents is 1. The van der Waals surface area contributed by atoms with E-state index in [1.807, 2.05) is 60.7 Å². The molecule has 4 N–H and O–H groups in total. The summed E-state index contributed by atoms with van der Waals surface area (Å²) in [6.45, 7) is 2.34. The molecule has 11 heterocycles. The van der Waals surface area contributed by atoms with Gasteiger partial charge in [-0.2, -0.15) is 30.3 Å². The van der Waals surface area contributed by atoms with Gasteiger partial charge in [0, 0.05) is 86.8 Å². The van der Waals surface area contributed by atoms with Crippen LogP contribution in [0.5, 0.6) is 5.75 Å². The van der Waals surface area contributed by atoms with Gasteiger partial charge < -0.3 is 30.5 Å². The van der Waals surface area contributed by atoms with Crippen molar-refractivity contribution < 1.29 is 33.2 Å². The molecule has 0 radical (unpaired) electrons. The van der Waals surface area contributed by atoms with E-state index < -0.39 is 18.0 Å². The van der Waals surface area contributed by atoms with Gasteiger partial charge in [0.25, 0.3) is 23.6 Å². The molecule has 16 rings (SSSR count). The normalized spacial score (nSPS) is 11.9. The molecule has 0 aliphatic carbocycles. The average Bonchev–Trinajstić information content (AvgIpc) is 1.65. The number of rotatable bonds is 13. The highest BCUT2D eigenvalue weighted by Gasteiger charge is 2.35. The monoisotopic (exact) mass is 1430 g/mol. The Morgan fingerprint density at radius 1 is 0.505 bits per heavy atom.